The summed E-state index contributed by atoms with van der Waals surface area (Å²) in [6.07, 6.45) is 4.19. The van der Waals surface area contributed by atoms with Crippen molar-refractivity contribution >= 4 is 0 Å². The molecule has 0 radical (unpaired) electrons. The molecule has 0 amide bonds. The van der Waals surface area contributed by atoms with E-state index in [0.717, 1.165) is 12.8 Å². The summed E-state index contributed by atoms with van der Waals surface area (Å²) in [5.41, 5.74) is 3.73. The molecule has 1 heterocycles. The van der Waals surface area contributed by atoms with Gasteiger partial charge in [0.05, 0.1) is 6.20 Å². The van der Waals surface area contributed by atoms with E-state index in [-0.39, 0.29) is 5.82 Å². The number of benzene rings is 1. The predicted octanol–water partition coefficient (Wildman–Crippen LogP) is 3.46. The summed E-state index contributed by atoms with van der Waals surface area (Å²) >= 11 is 0. The Morgan fingerprint density at radius 2 is 1.95 bits per heavy atom. The highest BCUT2D eigenvalue weighted by Crippen LogP contribution is 2.38. The summed E-state index contributed by atoms with van der Waals surface area (Å²) < 4.78 is 14.8. The van der Waals surface area contributed by atoms with Crippen molar-refractivity contribution in [2.24, 2.45) is 7.05 Å². The lowest BCUT2D eigenvalue weighted by molar-refractivity contribution is 0.270. The van der Waals surface area contributed by atoms with E-state index in [4.69, 9.17) is 0 Å². The van der Waals surface area contributed by atoms with Crippen molar-refractivity contribution < 1.29 is 4.39 Å². The Labute approximate surface area is 125 Å². The Morgan fingerprint density at radius 3 is 2.52 bits per heavy atom. The second-order valence-electron chi connectivity index (χ2n) is 6.11. The lowest BCUT2D eigenvalue weighted by atomic mass is 9.75. The quantitative estimate of drug-likeness (QED) is 0.933. The van der Waals surface area contributed by atoms with E-state index in [1.807, 2.05) is 30.1 Å². The minimum atomic E-state index is -0.159. The Hall–Kier alpha value is -1.68. The number of hydrogen-bond donors (Lipinski definition) is 1. The molecule has 4 heteroatoms. The summed E-state index contributed by atoms with van der Waals surface area (Å²) in [5.74, 6) is 0.402. The van der Waals surface area contributed by atoms with Crippen LogP contribution in [0.1, 0.15) is 48.5 Å². The number of aromatic nitrogens is 2. The summed E-state index contributed by atoms with van der Waals surface area (Å²) in [5, 5.41) is 7.97. The van der Waals surface area contributed by atoms with Crippen molar-refractivity contribution in [1.29, 1.82) is 0 Å². The molecule has 0 spiro atoms. The average molecular weight is 287 g/mol. The van der Waals surface area contributed by atoms with Crippen LogP contribution in [0.2, 0.25) is 0 Å². The Kier molecular flexibility index (Phi) is 3.81. The van der Waals surface area contributed by atoms with E-state index >= 15 is 0 Å². The fourth-order valence-electron chi connectivity index (χ4n) is 3.15. The normalized spacial score (nSPS) is 22.9. The van der Waals surface area contributed by atoms with Crippen LogP contribution >= 0.6 is 0 Å². The summed E-state index contributed by atoms with van der Waals surface area (Å²) in [6.45, 7) is 4.29. The van der Waals surface area contributed by atoms with E-state index in [1.165, 1.54) is 16.8 Å². The zero-order valence-electron chi connectivity index (χ0n) is 12.8. The maximum absolute atomic E-state index is 12.9. The molecule has 3 nitrogen and oxygen atoms in total. The van der Waals surface area contributed by atoms with Gasteiger partial charge in [-0.3, -0.25) is 4.68 Å². The number of nitrogens with one attached hydrogen (secondary N) is 1. The summed E-state index contributed by atoms with van der Waals surface area (Å²) in [7, 11) is 1.97. The van der Waals surface area contributed by atoms with Gasteiger partial charge in [-0.15, -0.1) is 0 Å². The first-order chi connectivity index (χ1) is 10.0. The van der Waals surface area contributed by atoms with Gasteiger partial charge in [0.1, 0.15) is 5.82 Å². The van der Waals surface area contributed by atoms with Crippen molar-refractivity contribution in [1.82, 2.24) is 15.1 Å². The van der Waals surface area contributed by atoms with E-state index in [0.29, 0.717) is 18.0 Å². The molecular weight excluding hydrogens is 265 g/mol. The number of halogens is 1. The monoisotopic (exact) mass is 287 g/mol. The van der Waals surface area contributed by atoms with Gasteiger partial charge < -0.3 is 5.32 Å². The number of rotatable bonds is 4. The molecular formula is C17H22FN3. The molecule has 0 saturated heterocycles. The average Bonchev–Trinajstić information content (AvgIpc) is 2.75. The molecule has 0 bridgehead atoms. The van der Waals surface area contributed by atoms with Crippen LogP contribution in [-0.2, 0) is 7.05 Å². The predicted molar refractivity (Wildman–Crippen MR) is 81.7 cm³/mol. The molecule has 1 saturated carbocycles. The zero-order chi connectivity index (χ0) is 15.0. The van der Waals surface area contributed by atoms with Gasteiger partial charge in [-0.1, -0.05) is 12.1 Å². The number of nitrogens with zero attached hydrogens (tertiary/aromatic N) is 2. The fraction of sp³-hybridized carbons (Fsp3) is 0.471. The van der Waals surface area contributed by atoms with E-state index < -0.39 is 0 Å². The van der Waals surface area contributed by atoms with Crippen molar-refractivity contribution in [3.63, 3.8) is 0 Å². The smallest absolute Gasteiger partial charge is 0.123 e. The van der Waals surface area contributed by atoms with Crippen LogP contribution in [0.3, 0.4) is 0 Å². The Morgan fingerprint density at radius 1 is 1.29 bits per heavy atom. The third-order valence-corrected chi connectivity index (χ3v) is 4.70. The first-order valence-electron chi connectivity index (χ1n) is 7.54. The van der Waals surface area contributed by atoms with Gasteiger partial charge in [0.15, 0.2) is 0 Å². The SMILES string of the molecule is Cc1c(C(C)NC2CC(c3ccc(F)cc3)C2)cnn1C. The van der Waals surface area contributed by atoms with Crippen LogP contribution in [-0.4, -0.2) is 15.8 Å². The first kappa shape index (κ1) is 14.3. The summed E-state index contributed by atoms with van der Waals surface area (Å²) in [6, 6.07) is 7.78. The molecule has 1 aliphatic carbocycles. The van der Waals surface area contributed by atoms with E-state index in [2.05, 4.69) is 24.3 Å². The van der Waals surface area contributed by atoms with Crippen molar-refractivity contribution in [2.45, 2.75) is 44.7 Å². The van der Waals surface area contributed by atoms with Gasteiger partial charge in [0.25, 0.3) is 0 Å². The van der Waals surface area contributed by atoms with Gasteiger partial charge >= 0.3 is 0 Å². The molecule has 1 fully saturated rings. The van der Waals surface area contributed by atoms with E-state index in [9.17, 15) is 4.39 Å². The number of hydrogen-bond acceptors (Lipinski definition) is 2. The molecule has 2 aromatic rings. The largest absolute Gasteiger partial charge is 0.307 e. The zero-order valence-corrected chi connectivity index (χ0v) is 12.8. The lowest BCUT2D eigenvalue weighted by Crippen LogP contribution is -2.41. The minimum absolute atomic E-state index is 0.159. The maximum atomic E-state index is 12.9. The molecule has 1 atom stereocenters. The highest BCUT2D eigenvalue weighted by molar-refractivity contribution is 5.24. The topological polar surface area (TPSA) is 29.9 Å². The Balaban J connectivity index is 1.55. The second-order valence-corrected chi connectivity index (χ2v) is 6.11. The second kappa shape index (κ2) is 5.60. The molecule has 1 aromatic carbocycles. The summed E-state index contributed by atoms with van der Waals surface area (Å²) in [4.78, 5) is 0. The van der Waals surface area contributed by atoms with Gasteiger partial charge in [0, 0.05) is 30.4 Å². The molecule has 3 rings (SSSR count). The minimum Gasteiger partial charge on any atom is -0.307 e. The van der Waals surface area contributed by atoms with E-state index in [1.54, 1.807) is 12.1 Å². The molecule has 112 valence electrons. The molecule has 1 N–H and O–H groups in total. The molecule has 1 unspecified atom stereocenters. The van der Waals surface area contributed by atoms with Gasteiger partial charge in [-0.2, -0.15) is 5.10 Å². The lowest BCUT2D eigenvalue weighted by Gasteiger charge is -2.38. The van der Waals surface area contributed by atoms with Gasteiger partial charge in [0.2, 0.25) is 0 Å². The van der Waals surface area contributed by atoms with Gasteiger partial charge in [-0.25, -0.2) is 4.39 Å². The maximum Gasteiger partial charge on any atom is 0.123 e. The van der Waals surface area contributed by atoms with Crippen LogP contribution in [0.15, 0.2) is 30.5 Å². The van der Waals surface area contributed by atoms with Crippen LogP contribution in [0, 0.1) is 12.7 Å². The van der Waals surface area contributed by atoms with Crippen LogP contribution in [0.4, 0.5) is 4.39 Å². The molecule has 0 aliphatic heterocycles. The van der Waals surface area contributed by atoms with Crippen molar-refractivity contribution in [3.8, 4) is 0 Å². The van der Waals surface area contributed by atoms with Crippen molar-refractivity contribution in [2.75, 3.05) is 0 Å². The van der Waals surface area contributed by atoms with Crippen LogP contribution < -0.4 is 5.32 Å². The Bertz CT molecular complexity index is 611. The third kappa shape index (κ3) is 2.86. The highest BCUT2D eigenvalue weighted by atomic mass is 19.1. The number of aryl methyl sites for hydroxylation is 1. The molecule has 1 aromatic heterocycles. The highest BCUT2D eigenvalue weighted by Gasteiger charge is 2.31. The molecule has 1 aliphatic rings. The van der Waals surface area contributed by atoms with Crippen molar-refractivity contribution in [3.05, 3.63) is 53.1 Å². The van der Waals surface area contributed by atoms with Gasteiger partial charge in [-0.05, 0) is 50.3 Å². The third-order valence-electron chi connectivity index (χ3n) is 4.70. The first-order valence-corrected chi connectivity index (χ1v) is 7.54. The van der Waals surface area contributed by atoms with Crippen LogP contribution in [0.25, 0.3) is 0 Å². The standard InChI is InChI=1S/C17H22FN3/c1-11(17-10-19-21(3)12(17)2)20-16-8-14(9-16)13-4-6-15(18)7-5-13/h4-7,10-11,14,16,20H,8-9H2,1-3H3. The van der Waals surface area contributed by atoms with Crippen LogP contribution in [0.5, 0.6) is 0 Å². The fourth-order valence-corrected chi connectivity index (χ4v) is 3.15. The molecule has 21 heavy (non-hydrogen) atoms.